The molecule has 1 aliphatic heterocycles. The summed E-state index contributed by atoms with van der Waals surface area (Å²) in [6.45, 7) is 11.3. The van der Waals surface area contributed by atoms with Gasteiger partial charge in [-0.15, -0.1) is 11.3 Å². The minimum atomic E-state index is -0.893. The van der Waals surface area contributed by atoms with Crippen LogP contribution in [-0.2, 0) is 42.8 Å². The summed E-state index contributed by atoms with van der Waals surface area (Å²) in [6.07, 6.45) is 5.50. The quantitative estimate of drug-likeness (QED) is 0.0865. The molecule has 2 unspecified atom stereocenters. The first-order chi connectivity index (χ1) is 29.7. The number of ether oxygens (including phenoxy) is 7. The van der Waals surface area contributed by atoms with E-state index in [1.54, 1.807) is 62.2 Å². The number of hydrogen-bond donors (Lipinski definition) is 2. The second kappa shape index (κ2) is 26.4. The molecular weight excluding hydrogens is 825 g/mol. The number of nitrogens with one attached hydrogen (secondary N) is 1. The number of aliphatic carboxylic acids is 1. The third kappa shape index (κ3) is 17.2. The first kappa shape index (κ1) is 50.4. The molecule has 17 nitrogen and oxygen atoms in total. The molecule has 1 aliphatic carbocycles. The fraction of sp³-hybridized carbons (Fsp3) is 0.682. The van der Waals surface area contributed by atoms with Gasteiger partial charge in [-0.1, -0.05) is 31.4 Å². The van der Waals surface area contributed by atoms with Gasteiger partial charge in [-0.25, -0.2) is 9.78 Å². The third-order valence-corrected chi connectivity index (χ3v) is 11.4. The fourth-order valence-electron chi connectivity index (χ4n) is 7.04. The van der Waals surface area contributed by atoms with Crippen molar-refractivity contribution in [2.24, 2.45) is 5.92 Å². The van der Waals surface area contributed by atoms with Gasteiger partial charge in [-0.05, 0) is 71.4 Å². The summed E-state index contributed by atoms with van der Waals surface area (Å²) < 4.78 is 38.4. The van der Waals surface area contributed by atoms with Gasteiger partial charge in [0, 0.05) is 24.5 Å². The maximum Gasteiger partial charge on any atom is 0.410 e. The molecule has 2 aliphatic rings. The molecule has 1 saturated heterocycles. The molecule has 2 fully saturated rings. The van der Waals surface area contributed by atoms with Gasteiger partial charge in [0.1, 0.15) is 40.7 Å². The largest absolute Gasteiger partial charge is 0.491 e. The molecule has 0 spiro atoms. The van der Waals surface area contributed by atoms with Crippen LogP contribution >= 0.6 is 11.3 Å². The number of nitrogens with zero attached hydrogens (tertiary/aromatic N) is 3. The summed E-state index contributed by atoms with van der Waals surface area (Å²) in [4.78, 5) is 72.6. The number of benzene rings is 1. The maximum absolute atomic E-state index is 14.4. The summed E-state index contributed by atoms with van der Waals surface area (Å²) in [5.74, 6) is -1.24. The van der Waals surface area contributed by atoms with Crippen LogP contribution in [0.4, 0.5) is 4.79 Å². The number of carboxylic acid groups (broad SMARTS) is 1. The zero-order valence-electron chi connectivity index (χ0n) is 36.9. The number of amides is 3. The number of likely N-dealkylation sites (N-methyl/N-ethyl adjacent to an activating group) is 1. The summed E-state index contributed by atoms with van der Waals surface area (Å²) >= 11 is 1.35. The maximum atomic E-state index is 14.4. The van der Waals surface area contributed by atoms with Crippen molar-refractivity contribution in [3.8, 4) is 5.75 Å². The van der Waals surface area contributed by atoms with Crippen LogP contribution < -0.4 is 10.1 Å². The van der Waals surface area contributed by atoms with Crippen LogP contribution in [0.15, 0.2) is 29.6 Å². The van der Waals surface area contributed by atoms with E-state index >= 15 is 0 Å². The van der Waals surface area contributed by atoms with Crippen molar-refractivity contribution in [3.63, 3.8) is 0 Å². The number of carbonyl (C=O) groups excluding carboxylic acids is 4. The Morgan fingerprint density at radius 1 is 0.855 bits per heavy atom. The molecule has 1 aromatic carbocycles. The third-order valence-electron chi connectivity index (χ3n) is 10.4. The molecule has 1 saturated carbocycles. The highest BCUT2D eigenvalue weighted by atomic mass is 32.1. The molecule has 2 aromatic rings. The van der Waals surface area contributed by atoms with Gasteiger partial charge in [0.05, 0.1) is 78.5 Å². The van der Waals surface area contributed by atoms with Crippen LogP contribution in [0.3, 0.4) is 0 Å². The molecule has 1 aromatic heterocycles. The van der Waals surface area contributed by atoms with Crippen molar-refractivity contribution in [2.75, 3.05) is 86.3 Å². The first-order valence-electron chi connectivity index (χ1n) is 21.6. The molecule has 0 bridgehead atoms. The molecule has 4 rings (SSSR count). The second-order valence-corrected chi connectivity index (χ2v) is 17.2. The predicted molar refractivity (Wildman–Crippen MR) is 229 cm³/mol. The molecule has 18 heteroatoms. The van der Waals surface area contributed by atoms with Gasteiger partial charge < -0.3 is 48.5 Å². The Kier molecular flexibility index (Phi) is 21.5. The monoisotopic (exact) mass is 890 g/mol. The zero-order chi connectivity index (χ0) is 44.9. The van der Waals surface area contributed by atoms with Crippen molar-refractivity contribution in [1.29, 1.82) is 0 Å². The Bertz CT molecular complexity index is 1710. The Labute approximate surface area is 369 Å². The lowest BCUT2D eigenvalue weighted by atomic mass is 9.83. The van der Waals surface area contributed by atoms with E-state index in [0.29, 0.717) is 88.7 Å². The number of rotatable bonds is 27. The van der Waals surface area contributed by atoms with Crippen LogP contribution in [0.5, 0.6) is 5.75 Å². The molecule has 346 valence electrons. The van der Waals surface area contributed by atoms with E-state index in [-0.39, 0.29) is 49.0 Å². The summed E-state index contributed by atoms with van der Waals surface area (Å²) in [6, 6.07) is 4.98. The smallest absolute Gasteiger partial charge is 0.410 e. The SMILES string of the molecule is CC(C(=O)NC(C(=O)N1CCC[C@H]1c1nc(C(=O)c2cccc(OCCOCCOCCOCCOCCOCCC(=O)O)c2)cs1)C1CCCCC1)N(C)C(=O)OC(C)(C)C. The van der Waals surface area contributed by atoms with E-state index in [1.165, 1.54) is 23.3 Å². The summed E-state index contributed by atoms with van der Waals surface area (Å²) in [5, 5.41) is 14.0. The second-order valence-electron chi connectivity index (χ2n) is 16.3. The molecule has 0 radical (unpaired) electrons. The summed E-state index contributed by atoms with van der Waals surface area (Å²) in [7, 11) is 1.52. The molecule has 2 N–H and O–H groups in total. The highest BCUT2D eigenvalue weighted by Crippen LogP contribution is 2.37. The average molecular weight is 891 g/mol. The first-order valence-corrected chi connectivity index (χ1v) is 22.5. The van der Waals surface area contributed by atoms with Crippen molar-refractivity contribution in [3.05, 3.63) is 45.9 Å². The number of thiazole rings is 1. The predicted octanol–water partition coefficient (Wildman–Crippen LogP) is 5.29. The van der Waals surface area contributed by atoms with E-state index in [4.69, 9.17) is 43.2 Å². The lowest BCUT2D eigenvalue weighted by Gasteiger charge is -2.36. The fourth-order valence-corrected chi connectivity index (χ4v) is 7.98. The lowest BCUT2D eigenvalue weighted by molar-refractivity contribution is -0.140. The number of carboxylic acids is 1. The van der Waals surface area contributed by atoms with Gasteiger partial charge in [0.2, 0.25) is 17.6 Å². The summed E-state index contributed by atoms with van der Waals surface area (Å²) in [5.41, 5.74) is -0.00492. The number of hydrogen-bond acceptors (Lipinski definition) is 14. The normalized spacial score (nSPS) is 16.7. The Morgan fingerprint density at radius 3 is 2.05 bits per heavy atom. The van der Waals surface area contributed by atoms with Crippen molar-refractivity contribution in [1.82, 2.24) is 20.1 Å². The minimum absolute atomic E-state index is 0.0269. The Hall–Kier alpha value is -4.20. The van der Waals surface area contributed by atoms with Gasteiger partial charge in [-0.2, -0.15) is 0 Å². The van der Waals surface area contributed by atoms with E-state index in [9.17, 15) is 24.0 Å². The van der Waals surface area contributed by atoms with Crippen LogP contribution in [0, 0.1) is 5.92 Å². The van der Waals surface area contributed by atoms with E-state index in [0.717, 1.165) is 38.5 Å². The zero-order valence-corrected chi connectivity index (χ0v) is 37.8. The van der Waals surface area contributed by atoms with E-state index in [2.05, 4.69) is 5.32 Å². The van der Waals surface area contributed by atoms with Crippen LogP contribution in [0.25, 0.3) is 0 Å². The standard InChI is InChI=1S/C44H66N4O13S/c1-31(47(5)43(54)61-44(2,3)4)40(52)46-38(32-11-7-6-8-12-32)42(53)48-17-10-15-36(48)41-45-35(30-62-41)39(51)33-13-9-14-34(29-33)60-28-27-59-26-25-58-24-23-57-22-21-56-20-19-55-18-16-37(49)50/h9,13-14,29-32,36,38H,6-8,10-12,15-28H2,1-5H3,(H,46,52)(H,49,50)/t31?,36-,38?/m0/s1. The number of aromatic nitrogens is 1. The van der Waals surface area contributed by atoms with Crippen molar-refractivity contribution in [2.45, 2.75) is 103 Å². The van der Waals surface area contributed by atoms with Gasteiger partial charge >= 0.3 is 12.1 Å². The Morgan fingerprint density at radius 2 is 1.45 bits per heavy atom. The molecule has 62 heavy (non-hydrogen) atoms. The van der Waals surface area contributed by atoms with Crippen molar-refractivity contribution >= 4 is 41.0 Å². The minimum Gasteiger partial charge on any atom is -0.491 e. The highest BCUT2D eigenvalue weighted by molar-refractivity contribution is 7.10. The highest BCUT2D eigenvalue weighted by Gasteiger charge is 2.41. The number of likely N-dealkylation sites (tertiary alicyclic amines) is 1. The number of carbonyl (C=O) groups is 5. The Balaban J connectivity index is 1.20. The molecular formula is C44H66N4O13S. The molecule has 2 heterocycles. The van der Waals surface area contributed by atoms with Crippen LogP contribution in [0.2, 0.25) is 0 Å². The van der Waals surface area contributed by atoms with Crippen LogP contribution in [0.1, 0.15) is 106 Å². The van der Waals surface area contributed by atoms with Gasteiger partial charge in [0.15, 0.2) is 0 Å². The number of ketones is 1. The van der Waals surface area contributed by atoms with E-state index in [1.807, 2.05) is 0 Å². The van der Waals surface area contributed by atoms with Gasteiger partial charge in [0.25, 0.3) is 0 Å². The van der Waals surface area contributed by atoms with E-state index < -0.39 is 35.7 Å². The van der Waals surface area contributed by atoms with Crippen molar-refractivity contribution < 1.29 is 62.2 Å². The van der Waals surface area contributed by atoms with Gasteiger partial charge in [-0.3, -0.25) is 24.1 Å². The average Bonchev–Trinajstić information content (AvgIpc) is 3.95. The lowest BCUT2D eigenvalue weighted by Crippen LogP contribution is -2.56. The molecule has 3 atom stereocenters. The van der Waals surface area contributed by atoms with Crippen LogP contribution in [-0.4, -0.2) is 154 Å². The topological polar surface area (TPSA) is 202 Å². The molecule has 3 amide bonds.